The standard InChI is InChI=1S/C51H34N4O/c1-3-12-34(13-4-1)49-52-50(35-14-5-2-6-15-35)54-51(53-49)36-24-22-33(23-25-36)37-16-11-17-40(30-37)55-45-20-9-7-18-41(45)42-28-26-38(31-46(42)55)39-27-29-44-43-19-8-10-21-47(43)56-48(44)32-39/h1-32,49H,(H,52,53,54). The second-order valence-corrected chi connectivity index (χ2v) is 14.3. The number of hydrogen-bond acceptors (Lipinski definition) is 4. The monoisotopic (exact) mass is 718 g/mol. The summed E-state index contributed by atoms with van der Waals surface area (Å²) in [6.07, 6.45) is -0.241. The van der Waals surface area contributed by atoms with E-state index in [0.29, 0.717) is 5.84 Å². The van der Waals surface area contributed by atoms with Gasteiger partial charge in [0, 0.05) is 38.4 Å². The molecule has 1 N–H and O–H groups in total. The van der Waals surface area contributed by atoms with Crippen molar-refractivity contribution in [3.63, 3.8) is 0 Å². The summed E-state index contributed by atoms with van der Waals surface area (Å²) >= 11 is 0. The molecule has 0 amide bonds. The number of aromatic nitrogens is 1. The molecule has 0 saturated carbocycles. The van der Waals surface area contributed by atoms with Crippen molar-refractivity contribution in [2.24, 2.45) is 9.98 Å². The second kappa shape index (κ2) is 13.1. The van der Waals surface area contributed by atoms with Gasteiger partial charge in [0.15, 0.2) is 5.84 Å². The molecule has 8 aromatic carbocycles. The Balaban J connectivity index is 0.970. The minimum Gasteiger partial charge on any atom is -0.456 e. The van der Waals surface area contributed by atoms with Crippen LogP contribution in [-0.2, 0) is 0 Å². The zero-order chi connectivity index (χ0) is 37.0. The number of para-hydroxylation sites is 2. The summed E-state index contributed by atoms with van der Waals surface area (Å²) in [5.74, 6) is 1.52. The first-order chi connectivity index (χ1) is 27.7. The summed E-state index contributed by atoms with van der Waals surface area (Å²) in [5, 5.41) is 8.27. The number of hydrogen-bond donors (Lipinski definition) is 1. The van der Waals surface area contributed by atoms with Crippen LogP contribution < -0.4 is 5.32 Å². The minimum absolute atomic E-state index is 0.241. The van der Waals surface area contributed by atoms with Crippen LogP contribution in [0, 0.1) is 0 Å². The topological polar surface area (TPSA) is 54.8 Å². The number of benzene rings is 8. The molecule has 10 aromatic rings. The zero-order valence-corrected chi connectivity index (χ0v) is 30.3. The largest absolute Gasteiger partial charge is 0.456 e. The Morgan fingerprint density at radius 3 is 1.88 bits per heavy atom. The number of rotatable bonds is 6. The maximum Gasteiger partial charge on any atom is 0.159 e. The van der Waals surface area contributed by atoms with E-state index in [0.717, 1.165) is 77.9 Å². The van der Waals surface area contributed by atoms with Crippen LogP contribution in [0.5, 0.6) is 0 Å². The molecule has 0 bridgehead atoms. The van der Waals surface area contributed by atoms with Crippen LogP contribution >= 0.6 is 0 Å². The minimum atomic E-state index is -0.241. The predicted octanol–water partition coefficient (Wildman–Crippen LogP) is 12.5. The maximum absolute atomic E-state index is 6.27. The Hall–Kier alpha value is -7.50. The quantitative estimate of drug-likeness (QED) is 0.186. The molecular formula is C51H34N4O. The van der Waals surface area contributed by atoms with Crippen molar-refractivity contribution >= 4 is 55.4 Å². The Morgan fingerprint density at radius 1 is 0.429 bits per heavy atom. The van der Waals surface area contributed by atoms with Crippen molar-refractivity contribution in [3.8, 4) is 27.9 Å². The van der Waals surface area contributed by atoms with Gasteiger partial charge in [-0.25, -0.2) is 9.98 Å². The van der Waals surface area contributed by atoms with E-state index >= 15 is 0 Å². The molecule has 5 nitrogen and oxygen atoms in total. The van der Waals surface area contributed by atoms with Gasteiger partial charge in [0.05, 0.1) is 11.0 Å². The molecule has 56 heavy (non-hydrogen) atoms. The Bertz CT molecular complexity index is 3150. The van der Waals surface area contributed by atoms with Crippen molar-refractivity contribution in [3.05, 3.63) is 211 Å². The summed E-state index contributed by atoms with van der Waals surface area (Å²) in [4.78, 5) is 10.1. The number of amidine groups is 2. The van der Waals surface area contributed by atoms with Gasteiger partial charge in [0.1, 0.15) is 23.2 Å². The van der Waals surface area contributed by atoms with Gasteiger partial charge in [0.25, 0.3) is 0 Å². The fourth-order valence-corrected chi connectivity index (χ4v) is 8.10. The third-order valence-electron chi connectivity index (χ3n) is 10.9. The van der Waals surface area contributed by atoms with Gasteiger partial charge in [-0.15, -0.1) is 0 Å². The van der Waals surface area contributed by atoms with E-state index in [1.165, 1.54) is 16.3 Å². The Kier molecular flexibility index (Phi) is 7.49. The highest BCUT2D eigenvalue weighted by Crippen LogP contribution is 2.38. The molecule has 0 spiro atoms. The van der Waals surface area contributed by atoms with E-state index in [2.05, 4.69) is 155 Å². The summed E-state index contributed by atoms with van der Waals surface area (Å²) in [7, 11) is 0. The molecule has 264 valence electrons. The third kappa shape index (κ3) is 5.48. The van der Waals surface area contributed by atoms with Crippen LogP contribution in [0.15, 0.2) is 209 Å². The first-order valence-electron chi connectivity index (χ1n) is 18.9. The van der Waals surface area contributed by atoms with Gasteiger partial charge < -0.3 is 14.3 Å². The molecule has 3 heterocycles. The predicted molar refractivity (Wildman–Crippen MR) is 231 cm³/mol. The first-order valence-corrected chi connectivity index (χ1v) is 18.9. The van der Waals surface area contributed by atoms with Crippen LogP contribution in [0.4, 0.5) is 0 Å². The van der Waals surface area contributed by atoms with E-state index in [1.807, 2.05) is 48.5 Å². The van der Waals surface area contributed by atoms with E-state index in [1.54, 1.807) is 0 Å². The number of aliphatic imine (C=N–C) groups is 2. The summed E-state index contributed by atoms with van der Waals surface area (Å²) < 4.78 is 8.65. The molecule has 0 fully saturated rings. The van der Waals surface area contributed by atoms with Crippen molar-refractivity contribution < 1.29 is 4.42 Å². The van der Waals surface area contributed by atoms with Crippen LogP contribution in [0.2, 0.25) is 0 Å². The number of fused-ring (bicyclic) bond motifs is 6. The summed E-state index contributed by atoms with van der Waals surface area (Å²) in [6, 6.07) is 68.2. The number of nitrogens with one attached hydrogen (secondary N) is 1. The highest BCUT2D eigenvalue weighted by atomic mass is 16.3. The number of nitrogens with zero attached hydrogens (tertiary/aromatic N) is 3. The van der Waals surface area contributed by atoms with Crippen LogP contribution in [0.3, 0.4) is 0 Å². The van der Waals surface area contributed by atoms with Crippen LogP contribution in [-0.4, -0.2) is 16.2 Å². The van der Waals surface area contributed by atoms with E-state index in [-0.39, 0.29) is 6.17 Å². The van der Waals surface area contributed by atoms with Gasteiger partial charge >= 0.3 is 0 Å². The molecule has 1 aliphatic heterocycles. The first kappa shape index (κ1) is 32.0. The summed E-state index contributed by atoms with van der Waals surface area (Å²) in [5.41, 5.74) is 12.8. The molecule has 1 unspecified atom stereocenters. The van der Waals surface area contributed by atoms with Crippen molar-refractivity contribution in [2.75, 3.05) is 0 Å². The van der Waals surface area contributed by atoms with Gasteiger partial charge in [-0.3, -0.25) is 0 Å². The lowest BCUT2D eigenvalue weighted by molar-refractivity contribution is 0.669. The molecule has 0 radical (unpaired) electrons. The lowest BCUT2D eigenvalue weighted by atomic mass is 10.0. The third-order valence-corrected chi connectivity index (χ3v) is 10.9. The van der Waals surface area contributed by atoms with E-state index < -0.39 is 0 Å². The Labute approximate surface area is 323 Å². The average Bonchev–Trinajstić information content (AvgIpc) is 3.82. The molecule has 1 aliphatic rings. The molecule has 2 aromatic heterocycles. The number of furan rings is 1. The zero-order valence-electron chi connectivity index (χ0n) is 30.3. The molecular weight excluding hydrogens is 685 g/mol. The van der Waals surface area contributed by atoms with Crippen molar-refractivity contribution in [1.82, 2.24) is 9.88 Å². The van der Waals surface area contributed by atoms with E-state index in [4.69, 9.17) is 14.4 Å². The molecule has 1 atom stereocenters. The van der Waals surface area contributed by atoms with Gasteiger partial charge in [0.2, 0.25) is 0 Å². The van der Waals surface area contributed by atoms with Crippen molar-refractivity contribution in [1.29, 1.82) is 0 Å². The normalized spacial score (nSPS) is 14.2. The van der Waals surface area contributed by atoms with Crippen LogP contribution in [0.1, 0.15) is 22.9 Å². The van der Waals surface area contributed by atoms with Gasteiger partial charge in [-0.1, -0.05) is 152 Å². The molecule has 0 aliphatic carbocycles. The highest BCUT2D eigenvalue weighted by molar-refractivity contribution is 6.13. The molecule has 11 rings (SSSR count). The summed E-state index contributed by atoms with van der Waals surface area (Å²) in [6.45, 7) is 0. The van der Waals surface area contributed by atoms with Gasteiger partial charge in [-0.05, 0) is 70.3 Å². The van der Waals surface area contributed by atoms with Gasteiger partial charge in [-0.2, -0.15) is 0 Å². The van der Waals surface area contributed by atoms with E-state index in [9.17, 15) is 0 Å². The smallest absolute Gasteiger partial charge is 0.159 e. The SMILES string of the molecule is c1ccc(C2=NC(c3ccc(-c4cccc(-n5c6ccccc6c6ccc(-c7ccc8c(c7)oc7ccccc78)cc65)c4)cc3)=NC(c3ccccc3)N2)cc1. The fraction of sp³-hybridized carbons (Fsp3) is 0.0196. The second-order valence-electron chi connectivity index (χ2n) is 14.3. The van der Waals surface area contributed by atoms with Crippen LogP contribution in [0.25, 0.3) is 71.7 Å². The lowest BCUT2D eigenvalue weighted by Crippen LogP contribution is -2.33. The fourth-order valence-electron chi connectivity index (χ4n) is 8.10. The Morgan fingerprint density at radius 2 is 1.04 bits per heavy atom. The highest BCUT2D eigenvalue weighted by Gasteiger charge is 2.21. The maximum atomic E-state index is 6.27. The molecule has 5 heteroatoms. The van der Waals surface area contributed by atoms with Crippen molar-refractivity contribution in [2.45, 2.75) is 6.17 Å². The molecule has 0 saturated heterocycles. The average molecular weight is 719 g/mol. The lowest BCUT2D eigenvalue weighted by Gasteiger charge is -2.23.